The Morgan fingerprint density at radius 3 is 2.50 bits per heavy atom. The molecule has 0 bridgehead atoms. The van der Waals surface area contributed by atoms with Crippen LogP contribution in [0.5, 0.6) is 11.5 Å². The Hall–Kier alpha value is -4.30. The first-order valence-corrected chi connectivity index (χ1v) is 13.3. The second-order valence-corrected chi connectivity index (χ2v) is 11.3. The molecule has 9 nitrogen and oxygen atoms in total. The monoisotopic (exact) mass is 604 g/mol. The van der Waals surface area contributed by atoms with Crippen molar-refractivity contribution in [1.82, 2.24) is 15.3 Å². The smallest absolute Gasteiger partial charge is 0.424 e. The number of hydrogen-bond acceptors (Lipinski definition) is 8. The van der Waals surface area contributed by atoms with E-state index in [0.717, 1.165) is 18.2 Å². The second-order valence-electron chi connectivity index (χ2n) is 10.0. The van der Waals surface area contributed by atoms with E-state index in [9.17, 15) is 32.3 Å². The Balaban J connectivity index is 1.59. The number of hydrogen-bond donors (Lipinski definition) is 3. The van der Waals surface area contributed by atoms with Gasteiger partial charge in [0.1, 0.15) is 40.5 Å². The summed E-state index contributed by atoms with van der Waals surface area (Å²) < 4.78 is 69.0. The number of aromatic nitrogens is 2. The third-order valence-electron chi connectivity index (χ3n) is 7.18. The van der Waals surface area contributed by atoms with Gasteiger partial charge in [-0.2, -0.15) is 13.2 Å². The number of aryl methyl sites for hydroxylation is 1. The average molecular weight is 605 g/mol. The molecule has 0 radical (unpaired) electrons. The minimum Gasteiger partial charge on any atom is -0.494 e. The highest BCUT2D eigenvalue weighted by molar-refractivity contribution is 7.18. The van der Waals surface area contributed by atoms with Gasteiger partial charge in [-0.3, -0.25) is 9.59 Å². The molecule has 1 aliphatic rings. The van der Waals surface area contributed by atoms with Crippen LogP contribution in [0.4, 0.5) is 17.6 Å². The number of ether oxygens (including phenoxy) is 2. The van der Waals surface area contributed by atoms with Crippen LogP contribution in [0.15, 0.2) is 42.5 Å². The Morgan fingerprint density at radius 2 is 1.88 bits per heavy atom. The Morgan fingerprint density at radius 1 is 1.19 bits per heavy atom. The lowest BCUT2D eigenvalue weighted by Crippen LogP contribution is -2.51. The van der Waals surface area contributed by atoms with Crippen molar-refractivity contribution in [3.63, 3.8) is 0 Å². The molecule has 4 aromatic rings. The SMILES string of the molecule is COc1cc(C(=O)NC[C@](O)(c2cc3c(c(-c4ccc(F)cc4)n2)OC[C@]3(C)C(N)=O)C(F)(F)F)cc2sc(C)nc12. The number of rotatable bonds is 7. The van der Waals surface area contributed by atoms with Crippen molar-refractivity contribution < 1.29 is 41.7 Å². The van der Waals surface area contributed by atoms with E-state index in [1.807, 2.05) is 0 Å². The fourth-order valence-corrected chi connectivity index (χ4v) is 5.53. The standard InChI is InChI=1S/C28H24F4N4O5S/c1-13-35-22-18(40-3)8-15(9-19(22)42-13)24(37)34-11-27(39,28(30,31)32)20-10-17-23(41-12-26(17,2)25(33)38)21(36-20)14-4-6-16(29)7-5-14/h4-10,39H,11-12H2,1-3H3,(H2,33,38)(H,34,37)/t26-,27-/m0/s1. The van der Waals surface area contributed by atoms with Crippen molar-refractivity contribution in [3.8, 4) is 22.8 Å². The number of benzene rings is 2. The largest absolute Gasteiger partial charge is 0.494 e. The molecule has 42 heavy (non-hydrogen) atoms. The van der Waals surface area contributed by atoms with Gasteiger partial charge in [-0.25, -0.2) is 14.4 Å². The lowest BCUT2D eigenvalue weighted by atomic mass is 9.81. The number of carbonyl (C=O) groups excluding carboxylic acids is 2. The van der Waals surface area contributed by atoms with E-state index >= 15 is 0 Å². The maximum atomic E-state index is 14.6. The van der Waals surface area contributed by atoms with Crippen molar-refractivity contribution in [2.24, 2.45) is 5.73 Å². The highest BCUT2D eigenvalue weighted by Gasteiger charge is 2.57. The van der Waals surface area contributed by atoms with Gasteiger partial charge >= 0.3 is 6.18 Å². The molecule has 3 heterocycles. The number of nitrogens with two attached hydrogens (primary N) is 1. The second kappa shape index (κ2) is 10.2. The number of alkyl halides is 3. The minimum absolute atomic E-state index is 0.0175. The number of fused-ring (bicyclic) bond motifs is 2. The van der Waals surface area contributed by atoms with E-state index in [2.05, 4.69) is 15.3 Å². The molecule has 14 heteroatoms. The molecule has 2 atom stereocenters. The fourth-order valence-electron chi connectivity index (χ4n) is 4.65. The quantitative estimate of drug-likeness (QED) is 0.270. The fraction of sp³-hybridized carbons (Fsp3) is 0.286. The van der Waals surface area contributed by atoms with Gasteiger partial charge in [-0.05, 0) is 56.3 Å². The van der Waals surface area contributed by atoms with Crippen LogP contribution in [-0.2, 0) is 15.8 Å². The number of nitrogens with zero attached hydrogens (tertiary/aromatic N) is 2. The predicted molar refractivity (Wildman–Crippen MR) is 145 cm³/mol. The molecule has 4 N–H and O–H groups in total. The summed E-state index contributed by atoms with van der Waals surface area (Å²) in [6, 6.07) is 8.37. The maximum absolute atomic E-state index is 14.6. The lowest BCUT2D eigenvalue weighted by molar-refractivity contribution is -0.265. The summed E-state index contributed by atoms with van der Waals surface area (Å²) in [5.74, 6) is -2.18. The zero-order valence-electron chi connectivity index (χ0n) is 22.4. The third kappa shape index (κ3) is 4.79. The summed E-state index contributed by atoms with van der Waals surface area (Å²) in [6.07, 6.45) is -5.35. The van der Waals surface area contributed by atoms with Crippen molar-refractivity contribution in [2.75, 3.05) is 20.3 Å². The van der Waals surface area contributed by atoms with Crippen molar-refractivity contribution >= 4 is 33.4 Å². The van der Waals surface area contributed by atoms with Crippen molar-refractivity contribution in [1.29, 1.82) is 0 Å². The summed E-state index contributed by atoms with van der Waals surface area (Å²) >= 11 is 1.27. The van der Waals surface area contributed by atoms with Crippen LogP contribution in [0.1, 0.15) is 33.5 Å². The molecule has 5 rings (SSSR count). The van der Waals surface area contributed by atoms with Crippen molar-refractivity contribution in [2.45, 2.75) is 31.0 Å². The van der Waals surface area contributed by atoms with Crippen LogP contribution in [0.25, 0.3) is 21.5 Å². The number of thiazole rings is 1. The van der Waals surface area contributed by atoms with Gasteiger partial charge in [0.25, 0.3) is 5.91 Å². The summed E-state index contributed by atoms with van der Waals surface area (Å²) in [5.41, 5.74) is -0.176. The molecule has 0 unspecified atom stereocenters. The molecule has 220 valence electrons. The zero-order chi connectivity index (χ0) is 30.6. The first-order chi connectivity index (χ1) is 19.7. The molecule has 2 amide bonds. The van der Waals surface area contributed by atoms with E-state index < -0.39 is 47.1 Å². The molecular weight excluding hydrogens is 580 g/mol. The number of carbonyl (C=O) groups is 2. The van der Waals surface area contributed by atoms with E-state index in [0.29, 0.717) is 15.2 Å². The molecule has 0 fully saturated rings. The van der Waals surface area contributed by atoms with E-state index in [4.69, 9.17) is 15.2 Å². The molecule has 0 spiro atoms. The normalized spacial score (nSPS) is 17.8. The van der Waals surface area contributed by atoms with Crippen molar-refractivity contribution in [3.05, 3.63) is 70.1 Å². The molecule has 2 aromatic carbocycles. The zero-order valence-corrected chi connectivity index (χ0v) is 23.2. The summed E-state index contributed by atoms with van der Waals surface area (Å²) in [6.45, 7) is 1.52. The summed E-state index contributed by atoms with van der Waals surface area (Å²) in [5, 5.41) is 14.0. The van der Waals surface area contributed by atoms with Crippen LogP contribution in [-0.4, -0.2) is 53.3 Å². The number of pyridine rings is 1. The maximum Gasteiger partial charge on any atom is 0.424 e. The Kier molecular flexibility index (Phi) is 7.10. The van der Waals surface area contributed by atoms with Gasteiger partial charge < -0.3 is 25.6 Å². The molecule has 0 saturated heterocycles. The van der Waals surface area contributed by atoms with Gasteiger partial charge in [0.05, 0.1) is 29.1 Å². The van der Waals surface area contributed by atoms with Gasteiger partial charge in [-0.15, -0.1) is 11.3 Å². The Bertz CT molecular complexity index is 1730. The number of nitrogens with one attached hydrogen (secondary N) is 1. The number of primary amides is 1. The lowest BCUT2D eigenvalue weighted by Gasteiger charge is -2.31. The first kappa shape index (κ1) is 29.2. The van der Waals surface area contributed by atoms with Gasteiger partial charge in [0.15, 0.2) is 0 Å². The number of halogens is 4. The van der Waals surface area contributed by atoms with Gasteiger partial charge in [0, 0.05) is 16.7 Å². The topological polar surface area (TPSA) is 137 Å². The molecule has 0 aliphatic carbocycles. The number of methoxy groups -OCH3 is 1. The van der Waals surface area contributed by atoms with Crippen LogP contribution >= 0.6 is 11.3 Å². The number of aliphatic hydroxyl groups is 1. The van der Waals surface area contributed by atoms with Crippen LogP contribution < -0.4 is 20.5 Å². The predicted octanol–water partition coefficient (Wildman–Crippen LogP) is 4.13. The molecule has 1 aliphatic heterocycles. The van der Waals surface area contributed by atoms with Crippen LogP contribution in [0, 0.1) is 12.7 Å². The highest BCUT2D eigenvalue weighted by atomic mass is 32.1. The van der Waals surface area contributed by atoms with Gasteiger partial charge in [-0.1, -0.05) is 0 Å². The van der Waals surface area contributed by atoms with Crippen LogP contribution in [0.3, 0.4) is 0 Å². The van der Waals surface area contributed by atoms with Gasteiger partial charge in [0.2, 0.25) is 11.5 Å². The number of amides is 2. The van der Waals surface area contributed by atoms with E-state index in [-0.39, 0.29) is 40.5 Å². The first-order valence-electron chi connectivity index (χ1n) is 12.4. The van der Waals surface area contributed by atoms with E-state index in [1.165, 1.54) is 49.6 Å². The summed E-state index contributed by atoms with van der Waals surface area (Å²) in [7, 11) is 1.37. The molecule has 2 aromatic heterocycles. The third-order valence-corrected chi connectivity index (χ3v) is 8.10. The van der Waals surface area contributed by atoms with E-state index in [1.54, 1.807) is 6.92 Å². The average Bonchev–Trinajstić information content (AvgIpc) is 3.50. The minimum atomic E-state index is -5.35. The molecule has 0 saturated carbocycles. The Labute approximate surface area is 240 Å². The highest BCUT2D eigenvalue weighted by Crippen LogP contribution is 2.47. The van der Waals surface area contributed by atoms with Crippen LogP contribution in [0.2, 0.25) is 0 Å². The molecular formula is C28H24F4N4O5S. The summed E-state index contributed by atoms with van der Waals surface area (Å²) in [4.78, 5) is 33.9.